The first-order chi connectivity index (χ1) is 8.60. The minimum Gasteiger partial charge on any atom is -0.449 e. The molecular formula is C13H20N4O. The van der Waals surface area contributed by atoms with Crippen molar-refractivity contribution in [3.05, 3.63) is 35.8 Å². The van der Waals surface area contributed by atoms with Crippen LogP contribution in [-0.4, -0.2) is 14.8 Å². The van der Waals surface area contributed by atoms with Gasteiger partial charge in [0.2, 0.25) is 0 Å². The fourth-order valence-electron chi connectivity index (χ4n) is 1.80. The van der Waals surface area contributed by atoms with E-state index in [9.17, 15) is 0 Å². The van der Waals surface area contributed by atoms with E-state index in [-0.39, 0.29) is 6.04 Å². The first kappa shape index (κ1) is 12.8. The van der Waals surface area contributed by atoms with Crippen molar-refractivity contribution >= 4 is 0 Å². The first-order valence-electron chi connectivity index (χ1n) is 6.31. The van der Waals surface area contributed by atoms with E-state index in [0.717, 1.165) is 17.8 Å². The Morgan fingerprint density at radius 1 is 1.50 bits per heavy atom. The summed E-state index contributed by atoms with van der Waals surface area (Å²) in [6, 6.07) is 2.27. The van der Waals surface area contributed by atoms with Gasteiger partial charge in [0.05, 0.1) is 17.4 Å². The van der Waals surface area contributed by atoms with Gasteiger partial charge in [-0.3, -0.25) is 4.68 Å². The molecule has 2 heterocycles. The number of rotatable bonds is 5. The van der Waals surface area contributed by atoms with Gasteiger partial charge in [-0.1, -0.05) is 6.92 Å². The molecule has 5 nitrogen and oxygen atoms in total. The lowest BCUT2D eigenvalue weighted by Crippen LogP contribution is -2.14. The average molecular weight is 248 g/mol. The van der Waals surface area contributed by atoms with Crippen LogP contribution in [0.15, 0.2) is 22.9 Å². The van der Waals surface area contributed by atoms with Crippen molar-refractivity contribution in [2.75, 3.05) is 0 Å². The Bertz CT molecular complexity index is 503. The van der Waals surface area contributed by atoms with Gasteiger partial charge in [-0.2, -0.15) is 5.10 Å². The van der Waals surface area contributed by atoms with Gasteiger partial charge in [0.25, 0.3) is 0 Å². The number of hydrogen-bond acceptors (Lipinski definition) is 4. The Balaban J connectivity index is 2.03. The molecule has 0 aliphatic carbocycles. The smallest absolute Gasteiger partial charge is 0.191 e. The highest BCUT2D eigenvalue weighted by Crippen LogP contribution is 2.16. The minimum absolute atomic E-state index is 0.164. The molecule has 5 heteroatoms. The van der Waals surface area contributed by atoms with Gasteiger partial charge in [0.15, 0.2) is 5.89 Å². The zero-order valence-corrected chi connectivity index (χ0v) is 11.1. The molecule has 0 aliphatic heterocycles. The summed E-state index contributed by atoms with van der Waals surface area (Å²) < 4.78 is 7.15. The minimum atomic E-state index is -0.164. The summed E-state index contributed by atoms with van der Waals surface area (Å²) in [5.74, 6) is 0.644. The maximum atomic E-state index is 6.09. The molecule has 2 unspecified atom stereocenters. The van der Waals surface area contributed by atoms with E-state index in [0.29, 0.717) is 18.4 Å². The van der Waals surface area contributed by atoms with Crippen LogP contribution in [0.4, 0.5) is 0 Å². The van der Waals surface area contributed by atoms with E-state index in [2.05, 4.69) is 23.9 Å². The summed E-state index contributed by atoms with van der Waals surface area (Å²) in [6.45, 7) is 6.11. The maximum Gasteiger partial charge on any atom is 0.191 e. The Labute approximate surface area is 107 Å². The van der Waals surface area contributed by atoms with Crippen molar-refractivity contribution in [1.82, 2.24) is 14.8 Å². The Morgan fingerprint density at radius 3 is 2.89 bits per heavy atom. The van der Waals surface area contributed by atoms with Gasteiger partial charge in [-0.05, 0) is 19.4 Å². The molecule has 0 radical (unpaired) electrons. The highest BCUT2D eigenvalue weighted by molar-refractivity contribution is 5.09. The lowest BCUT2D eigenvalue weighted by atomic mass is 10.1. The van der Waals surface area contributed by atoms with Crippen LogP contribution in [-0.2, 0) is 6.42 Å². The van der Waals surface area contributed by atoms with Crippen molar-refractivity contribution in [2.45, 2.75) is 45.7 Å². The number of oxazole rings is 1. The van der Waals surface area contributed by atoms with E-state index in [1.807, 2.05) is 23.9 Å². The van der Waals surface area contributed by atoms with E-state index >= 15 is 0 Å². The lowest BCUT2D eigenvalue weighted by molar-refractivity contribution is 0.471. The van der Waals surface area contributed by atoms with Crippen LogP contribution in [0.3, 0.4) is 0 Å². The van der Waals surface area contributed by atoms with Crippen LogP contribution < -0.4 is 5.73 Å². The van der Waals surface area contributed by atoms with Crippen LogP contribution in [0.1, 0.15) is 49.6 Å². The fourth-order valence-corrected chi connectivity index (χ4v) is 1.80. The highest BCUT2D eigenvalue weighted by Gasteiger charge is 2.13. The third-order valence-corrected chi connectivity index (χ3v) is 3.15. The van der Waals surface area contributed by atoms with Gasteiger partial charge < -0.3 is 10.2 Å². The molecule has 0 bridgehead atoms. The Morgan fingerprint density at radius 2 is 2.28 bits per heavy atom. The zero-order valence-electron chi connectivity index (χ0n) is 11.1. The molecule has 2 atom stereocenters. The summed E-state index contributed by atoms with van der Waals surface area (Å²) in [7, 11) is 0. The molecule has 98 valence electrons. The molecule has 0 aliphatic rings. The summed E-state index contributed by atoms with van der Waals surface area (Å²) in [4.78, 5) is 4.24. The van der Waals surface area contributed by atoms with E-state index in [1.165, 1.54) is 0 Å². The normalized spacial score (nSPS) is 14.7. The molecule has 0 amide bonds. The molecule has 2 rings (SSSR count). The maximum absolute atomic E-state index is 6.09. The van der Waals surface area contributed by atoms with Crippen LogP contribution >= 0.6 is 0 Å². The first-order valence-corrected chi connectivity index (χ1v) is 6.31. The number of hydrogen-bond donors (Lipinski definition) is 1. The summed E-state index contributed by atoms with van der Waals surface area (Å²) in [5.41, 5.74) is 7.86. The molecule has 2 N–H and O–H groups in total. The van der Waals surface area contributed by atoms with Crippen LogP contribution in [0, 0.1) is 6.92 Å². The van der Waals surface area contributed by atoms with Crippen molar-refractivity contribution in [2.24, 2.45) is 5.73 Å². The Kier molecular flexibility index (Phi) is 3.81. The van der Waals surface area contributed by atoms with E-state index in [1.54, 1.807) is 6.26 Å². The van der Waals surface area contributed by atoms with Gasteiger partial charge in [0.1, 0.15) is 6.26 Å². The lowest BCUT2D eigenvalue weighted by Gasteiger charge is -2.09. The molecular weight excluding hydrogens is 228 g/mol. The third-order valence-electron chi connectivity index (χ3n) is 3.15. The van der Waals surface area contributed by atoms with Crippen molar-refractivity contribution in [3.63, 3.8) is 0 Å². The summed E-state index contributed by atoms with van der Waals surface area (Å²) in [5, 5.41) is 4.53. The second-order valence-electron chi connectivity index (χ2n) is 4.65. The van der Waals surface area contributed by atoms with Gasteiger partial charge in [-0.25, -0.2) is 4.98 Å². The number of aryl methyl sites for hydroxylation is 1. The average Bonchev–Trinajstić information content (AvgIpc) is 2.97. The number of aromatic nitrogens is 3. The van der Waals surface area contributed by atoms with E-state index < -0.39 is 0 Å². The predicted octanol–water partition coefficient (Wildman–Crippen LogP) is 2.39. The summed E-state index contributed by atoms with van der Waals surface area (Å²) >= 11 is 0. The monoisotopic (exact) mass is 248 g/mol. The number of nitrogens with zero attached hydrogens (tertiary/aromatic N) is 3. The molecule has 0 spiro atoms. The highest BCUT2D eigenvalue weighted by atomic mass is 16.3. The van der Waals surface area contributed by atoms with Gasteiger partial charge >= 0.3 is 0 Å². The molecule has 0 fully saturated rings. The van der Waals surface area contributed by atoms with E-state index in [4.69, 9.17) is 10.2 Å². The molecule has 0 aromatic carbocycles. The topological polar surface area (TPSA) is 69.9 Å². The SMILES string of the molecule is CCC(C)n1ccc(CC(N)c2coc(C)n2)n1. The Hall–Kier alpha value is -1.62. The molecule has 18 heavy (non-hydrogen) atoms. The standard InChI is InChI=1S/C13H20N4O/c1-4-9(2)17-6-5-11(16-17)7-12(14)13-8-18-10(3)15-13/h5-6,8-9,12H,4,7,14H2,1-3H3. The molecule has 0 saturated heterocycles. The van der Waals surface area contributed by atoms with Crippen LogP contribution in [0.2, 0.25) is 0 Å². The van der Waals surface area contributed by atoms with Crippen molar-refractivity contribution < 1.29 is 4.42 Å². The summed E-state index contributed by atoms with van der Waals surface area (Å²) in [6.07, 6.45) is 5.36. The van der Waals surface area contributed by atoms with Crippen LogP contribution in [0.5, 0.6) is 0 Å². The van der Waals surface area contributed by atoms with Gasteiger partial charge in [0, 0.05) is 25.6 Å². The third kappa shape index (κ3) is 2.79. The second-order valence-corrected chi connectivity index (χ2v) is 4.65. The fraction of sp³-hybridized carbons (Fsp3) is 0.538. The quantitative estimate of drug-likeness (QED) is 0.882. The zero-order chi connectivity index (χ0) is 13.1. The van der Waals surface area contributed by atoms with Crippen LogP contribution in [0.25, 0.3) is 0 Å². The molecule has 2 aromatic heterocycles. The predicted molar refractivity (Wildman–Crippen MR) is 69.1 cm³/mol. The van der Waals surface area contributed by atoms with Gasteiger partial charge in [-0.15, -0.1) is 0 Å². The van der Waals surface area contributed by atoms with Crippen molar-refractivity contribution in [1.29, 1.82) is 0 Å². The number of nitrogens with two attached hydrogens (primary N) is 1. The molecule has 0 saturated carbocycles. The largest absolute Gasteiger partial charge is 0.449 e. The van der Waals surface area contributed by atoms with Crippen molar-refractivity contribution in [3.8, 4) is 0 Å². The second kappa shape index (κ2) is 5.35. The molecule has 2 aromatic rings.